The molecule has 0 saturated heterocycles. The zero-order valence-corrected chi connectivity index (χ0v) is 19.7. The summed E-state index contributed by atoms with van der Waals surface area (Å²) in [6.45, 7) is 2.86. The Balaban J connectivity index is 2.20. The first kappa shape index (κ1) is 25.5. The molecule has 0 aliphatic carbocycles. The molecule has 0 atom stereocenters. The summed E-state index contributed by atoms with van der Waals surface area (Å²) in [4.78, 5) is 35.3. The van der Waals surface area contributed by atoms with E-state index in [1.54, 1.807) is 6.07 Å². The Bertz CT molecular complexity index is 1470. The van der Waals surface area contributed by atoms with E-state index in [0.29, 0.717) is 10.7 Å². The zero-order valence-electron chi connectivity index (χ0n) is 18.9. The first-order valence-electron chi connectivity index (χ1n) is 10.2. The lowest BCUT2D eigenvalue weighted by Gasteiger charge is -2.13. The number of fused-ring (bicyclic) bond motifs is 1. The molecule has 0 fully saturated rings. The monoisotopic (exact) mass is 504 g/mol. The van der Waals surface area contributed by atoms with Gasteiger partial charge in [-0.05, 0) is 26.3 Å². The molecule has 35 heavy (non-hydrogen) atoms. The predicted molar refractivity (Wildman–Crippen MR) is 119 cm³/mol. The van der Waals surface area contributed by atoms with Crippen LogP contribution in [0.5, 0.6) is 5.88 Å². The normalized spacial score (nSPS) is 14.3. The largest absolute Gasteiger partial charge is 0.493 e. The molecule has 0 radical (unpaired) electrons. The average Bonchev–Trinajstić information content (AvgIpc) is 2.99. The lowest BCUT2D eigenvalue weighted by atomic mass is 10.1. The van der Waals surface area contributed by atoms with Gasteiger partial charge < -0.3 is 9.84 Å². The van der Waals surface area contributed by atoms with Gasteiger partial charge in [-0.2, -0.15) is 5.26 Å². The van der Waals surface area contributed by atoms with Gasteiger partial charge in [-0.15, -0.1) is 10.2 Å². The number of nitriles is 1. The van der Waals surface area contributed by atoms with E-state index in [2.05, 4.69) is 10.2 Å². The summed E-state index contributed by atoms with van der Waals surface area (Å²) in [5, 5.41) is 39.3. The summed E-state index contributed by atoms with van der Waals surface area (Å²) in [6.07, 6.45) is 0.324. The topological polar surface area (TPSA) is 198 Å². The van der Waals surface area contributed by atoms with Gasteiger partial charge >= 0.3 is 0 Å². The first-order valence-corrected chi connectivity index (χ1v) is 11.6. The second-order valence-corrected chi connectivity index (χ2v) is 9.19. The van der Waals surface area contributed by atoms with Crippen molar-refractivity contribution in [3.63, 3.8) is 0 Å². The molecular formula is C20H20N6O8S. The van der Waals surface area contributed by atoms with Crippen LogP contribution in [0.3, 0.4) is 0 Å². The number of carbonyl (C=O) groups is 1. The van der Waals surface area contributed by atoms with Crippen molar-refractivity contribution >= 4 is 33.0 Å². The van der Waals surface area contributed by atoms with Gasteiger partial charge in [0.2, 0.25) is 5.88 Å². The van der Waals surface area contributed by atoms with Gasteiger partial charge in [0.25, 0.3) is 27.2 Å². The molecule has 1 aliphatic rings. The number of nitro benzene ring substituents is 1. The molecule has 14 nitrogen and oxygen atoms in total. The number of methoxy groups -OCH3 is 1. The molecule has 1 aromatic carbocycles. The van der Waals surface area contributed by atoms with Gasteiger partial charge in [0.05, 0.1) is 10.5 Å². The minimum absolute atomic E-state index is 0.0117. The highest BCUT2D eigenvalue weighted by Crippen LogP contribution is 2.40. The van der Waals surface area contributed by atoms with E-state index < -0.39 is 48.6 Å². The number of amides is 1. The number of sulfonamides is 1. The van der Waals surface area contributed by atoms with Gasteiger partial charge in [-0.25, -0.2) is 12.7 Å². The number of hydrogen-bond donors (Lipinski definition) is 1. The van der Waals surface area contributed by atoms with E-state index in [1.807, 2.05) is 0 Å². The molecular weight excluding hydrogens is 484 g/mol. The molecule has 1 aliphatic heterocycles. The van der Waals surface area contributed by atoms with Crippen molar-refractivity contribution in [3.8, 4) is 11.9 Å². The number of nitro groups is 1. The van der Waals surface area contributed by atoms with Crippen LogP contribution in [0.4, 0.5) is 17.1 Å². The fourth-order valence-corrected chi connectivity index (χ4v) is 5.15. The van der Waals surface area contributed by atoms with Gasteiger partial charge in [0.1, 0.15) is 16.5 Å². The standard InChI is InChI=1S/C20H20N6O8S/c1-4-25-19(28)12-8-15(26(30)31)14(9-16(12)35(25,32)33)22-23-17-11(2)13(10-21)18(27)24(20(17)29)6-5-7-34-3/h8-9,29H,4-7H2,1-3H3/b23-22+. The Morgan fingerprint density at radius 1 is 1.29 bits per heavy atom. The minimum atomic E-state index is -4.24. The molecule has 1 aromatic heterocycles. The van der Waals surface area contributed by atoms with Crippen LogP contribution in [0.25, 0.3) is 0 Å². The second-order valence-electron chi connectivity index (χ2n) is 7.36. The second kappa shape index (κ2) is 9.60. The third-order valence-electron chi connectivity index (χ3n) is 5.34. The maximum absolute atomic E-state index is 12.7. The number of benzene rings is 1. The molecule has 0 unspecified atom stereocenters. The lowest BCUT2D eigenvalue weighted by molar-refractivity contribution is -0.384. The van der Waals surface area contributed by atoms with Gasteiger partial charge in [-0.3, -0.25) is 24.3 Å². The Kier molecular flexibility index (Phi) is 6.99. The van der Waals surface area contributed by atoms with Crippen molar-refractivity contribution in [2.45, 2.75) is 31.7 Å². The van der Waals surface area contributed by atoms with Crippen LogP contribution in [0.15, 0.2) is 32.1 Å². The van der Waals surface area contributed by atoms with Crippen molar-refractivity contribution in [1.29, 1.82) is 5.26 Å². The summed E-state index contributed by atoms with van der Waals surface area (Å²) in [5.74, 6) is -1.53. The average molecular weight is 504 g/mol. The van der Waals surface area contributed by atoms with Gasteiger partial charge in [0.15, 0.2) is 11.4 Å². The maximum atomic E-state index is 12.7. The third-order valence-corrected chi connectivity index (χ3v) is 7.24. The number of ether oxygens (including phenoxy) is 1. The molecule has 3 rings (SSSR count). The number of nitrogens with zero attached hydrogens (tertiary/aromatic N) is 6. The summed E-state index contributed by atoms with van der Waals surface area (Å²) in [7, 11) is -2.78. The van der Waals surface area contributed by atoms with E-state index in [0.717, 1.165) is 16.7 Å². The van der Waals surface area contributed by atoms with Crippen molar-refractivity contribution in [3.05, 3.63) is 49.3 Å². The number of azo groups is 1. The highest BCUT2D eigenvalue weighted by molar-refractivity contribution is 7.90. The third kappa shape index (κ3) is 4.24. The highest BCUT2D eigenvalue weighted by Gasteiger charge is 2.42. The Morgan fingerprint density at radius 3 is 2.54 bits per heavy atom. The number of aromatic hydroxyl groups is 1. The number of pyridine rings is 1. The van der Waals surface area contributed by atoms with Crippen molar-refractivity contribution < 1.29 is 28.0 Å². The molecule has 2 aromatic rings. The minimum Gasteiger partial charge on any atom is -0.493 e. The summed E-state index contributed by atoms with van der Waals surface area (Å²) >= 11 is 0. The molecule has 0 saturated carbocycles. The number of hydrogen-bond acceptors (Lipinski definition) is 11. The van der Waals surface area contributed by atoms with Crippen LogP contribution in [-0.2, 0) is 21.3 Å². The van der Waals surface area contributed by atoms with Crippen molar-refractivity contribution in [1.82, 2.24) is 8.87 Å². The first-order chi connectivity index (χ1) is 16.5. The van der Waals surface area contributed by atoms with Crippen LogP contribution < -0.4 is 5.56 Å². The van der Waals surface area contributed by atoms with Crippen molar-refractivity contribution in [2.24, 2.45) is 10.2 Å². The molecule has 0 spiro atoms. The molecule has 184 valence electrons. The Labute approximate surface area is 198 Å². The number of carbonyl (C=O) groups excluding carboxylic acids is 1. The lowest BCUT2D eigenvalue weighted by Crippen LogP contribution is -2.29. The van der Waals surface area contributed by atoms with E-state index in [4.69, 9.17) is 4.74 Å². The number of aromatic nitrogens is 1. The SMILES string of the molecule is CCN1C(=O)c2cc([N+](=O)[O-])c(/N=N/c3c(C)c(C#N)c(=O)n(CCCOC)c3O)cc2S1(=O)=O. The zero-order chi connectivity index (χ0) is 26.1. The molecule has 0 bridgehead atoms. The van der Waals surface area contributed by atoms with Crippen LogP contribution in [-0.4, -0.2) is 53.5 Å². The molecule has 15 heteroatoms. The maximum Gasteiger partial charge on any atom is 0.297 e. The van der Waals surface area contributed by atoms with E-state index in [9.17, 15) is 38.5 Å². The molecule has 1 amide bonds. The van der Waals surface area contributed by atoms with E-state index in [1.165, 1.54) is 21.0 Å². The van der Waals surface area contributed by atoms with Crippen molar-refractivity contribution in [2.75, 3.05) is 20.3 Å². The van der Waals surface area contributed by atoms with Crippen LogP contribution in [0.1, 0.15) is 34.8 Å². The summed E-state index contributed by atoms with van der Waals surface area (Å²) in [6, 6.07) is 3.40. The quantitative estimate of drug-likeness (QED) is 0.242. The number of rotatable bonds is 8. The van der Waals surface area contributed by atoms with Gasteiger partial charge in [-0.1, -0.05) is 0 Å². The molecule has 1 N–H and O–H groups in total. The molecule has 2 heterocycles. The summed E-state index contributed by atoms with van der Waals surface area (Å²) in [5.41, 5.74) is -2.96. The fourth-order valence-electron chi connectivity index (χ4n) is 3.58. The van der Waals surface area contributed by atoms with Crippen LogP contribution in [0, 0.1) is 28.4 Å². The van der Waals surface area contributed by atoms with E-state index >= 15 is 0 Å². The smallest absolute Gasteiger partial charge is 0.297 e. The van der Waals surface area contributed by atoms with Crippen LogP contribution >= 0.6 is 0 Å². The highest BCUT2D eigenvalue weighted by atomic mass is 32.2. The van der Waals surface area contributed by atoms with E-state index in [-0.39, 0.29) is 42.1 Å². The Hall–Kier alpha value is -4.16. The fraction of sp³-hybridized carbons (Fsp3) is 0.350. The predicted octanol–water partition coefficient (Wildman–Crippen LogP) is 2.26. The van der Waals surface area contributed by atoms with Crippen LogP contribution in [0.2, 0.25) is 0 Å². The summed E-state index contributed by atoms with van der Waals surface area (Å²) < 4.78 is 31.7. The Morgan fingerprint density at radius 2 is 1.97 bits per heavy atom. The van der Waals surface area contributed by atoms with Gasteiger partial charge in [0, 0.05) is 38.4 Å².